The number of carbonyl (C=O) groups excluding carboxylic acids is 1. The number of rotatable bonds is 6. The van der Waals surface area contributed by atoms with Crippen LogP contribution >= 0.6 is 0 Å². The monoisotopic (exact) mass is 316 g/mol. The van der Waals surface area contributed by atoms with E-state index in [0.717, 1.165) is 0 Å². The van der Waals surface area contributed by atoms with E-state index in [1.54, 1.807) is 12.1 Å². The summed E-state index contributed by atoms with van der Waals surface area (Å²) in [6.07, 6.45) is 2.64. The van der Waals surface area contributed by atoms with Crippen molar-refractivity contribution in [3.8, 4) is 0 Å². The molecule has 0 unspecified atom stereocenters. The first-order valence-electron chi connectivity index (χ1n) is 6.84. The fourth-order valence-corrected chi connectivity index (χ4v) is 3.66. The summed E-state index contributed by atoms with van der Waals surface area (Å²) in [6.45, 7) is 1.02. The van der Waals surface area contributed by atoms with Crippen LogP contribution < -0.4 is 5.32 Å². The molecule has 1 N–H and O–H groups in total. The van der Waals surface area contributed by atoms with E-state index < -0.39 is 10.0 Å². The predicted octanol–water partition coefficient (Wildman–Crippen LogP) is 0.450. The molecule has 8 heteroatoms. The van der Waals surface area contributed by atoms with Crippen molar-refractivity contribution >= 4 is 15.9 Å². The van der Waals surface area contributed by atoms with Crippen molar-refractivity contribution in [2.75, 3.05) is 32.6 Å². The van der Waals surface area contributed by atoms with Gasteiger partial charge >= 0.3 is 0 Å². The fourth-order valence-electron chi connectivity index (χ4n) is 2.26. The Bertz CT molecular complexity index is 547. The first-order chi connectivity index (χ1) is 10.0. The molecule has 0 atom stereocenters. The fraction of sp³-hybridized carbons (Fsp3) is 0.615. The molecule has 0 saturated carbocycles. The van der Waals surface area contributed by atoms with Crippen LogP contribution in [-0.4, -0.2) is 57.2 Å². The molecular formula is C13H20N2O5S. The highest BCUT2D eigenvalue weighted by atomic mass is 32.2. The van der Waals surface area contributed by atoms with Crippen molar-refractivity contribution in [3.63, 3.8) is 0 Å². The number of hydrogen-bond donors (Lipinski definition) is 1. The van der Waals surface area contributed by atoms with Crippen molar-refractivity contribution in [2.24, 2.45) is 0 Å². The number of furan rings is 1. The average Bonchev–Trinajstić information content (AvgIpc) is 3.00. The minimum absolute atomic E-state index is 0.00702. The van der Waals surface area contributed by atoms with Gasteiger partial charge in [0.15, 0.2) is 5.76 Å². The first kappa shape index (κ1) is 16.0. The van der Waals surface area contributed by atoms with Crippen LogP contribution in [0.3, 0.4) is 0 Å². The Labute approximate surface area is 124 Å². The number of nitrogens with zero attached hydrogens (tertiary/aromatic N) is 1. The zero-order valence-electron chi connectivity index (χ0n) is 11.9. The number of sulfonamides is 1. The molecule has 1 saturated heterocycles. The number of carbonyl (C=O) groups is 1. The van der Waals surface area contributed by atoms with Crippen LogP contribution in [-0.2, 0) is 14.8 Å². The van der Waals surface area contributed by atoms with Crippen LogP contribution in [0.2, 0.25) is 0 Å². The van der Waals surface area contributed by atoms with Gasteiger partial charge in [0.2, 0.25) is 10.0 Å². The summed E-state index contributed by atoms with van der Waals surface area (Å²) < 4.78 is 35.3. The molecule has 2 rings (SSSR count). The second kappa shape index (κ2) is 7.06. The van der Waals surface area contributed by atoms with Crippen LogP contribution in [0.4, 0.5) is 0 Å². The lowest BCUT2D eigenvalue weighted by Gasteiger charge is -2.31. The molecule has 0 aromatic carbocycles. The molecule has 7 nitrogen and oxygen atoms in total. The van der Waals surface area contributed by atoms with Gasteiger partial charge in [0.05, 0.1) is 18.6 Å². The van der Waals surface area contributed by atoms with E-state index in [-0.39, 0.29) is 30.1 Å². The molecule has 1 amide bonds. The molecule has 1 aliphatic rings. The zero-order valence-corrected chi connectivity index (χ0v) is 12.8. The van der Waals surface area contributed by atoms with Crippen molar-refractivity contribution in [1.82, 2.24) is 9.62 Å². The second-order valence-electron chi connectivity index (χ2n) is 4.93. The van der Waals surface area contributed by atoms with Gasteiger partial charge in [-0.3, -0.25) is 4.79 Å². The van der Waals surface area contributed by atoms with Crippen LogP contribution in [0.5, 0.6) is 0 Å². The minimum atomic E-state index is -3.26. The molecule has 21 heavy (non-hydrogen) atoms. The number of hydrogen-bond acceptors (Lipinski definition) is 5. The molecular weight excluding hydrogens is 296 g/mol. The Hall–Kier alpha value is -1.38. The Morgan fingerprint density at radius 3 is 2.76 bits per heavy atom. The summed E-state index contributed by atoms with van der Waals surface area (Å²) in [4.78, 5) is 11.8. The SMILES string of the molecule is COCCS(=O)(=O)N1CCC(NC(=O)c2ccco2)CC1. The van der Waals surface area contributed by atoms with Gasteiger partial charge in [-0.15, -0.1) is 0 Å². The molecule has 0 radical (unpaired) electrons. The largest absolute Gasteiger partial charge is 0.459 e. The number of ether oxygens (including phenoxy) is 1. The molecule has 0 spiro atoms. The summed E-state index contributed by atoms with van der Waals surface area (Å²) in [6, 6.07) is 3.22. The highest BCUT2D eigenvalue weighted by Crippen LogP contribution is 2.15. The summed E-state index contributed by atoms with van der Waals surface area (Å²) in [5, 5.41) is 2.86. The van der Waals surface area contributed by atoms with Crippen molar-refractivity contribution in [1.29, 1.82) is 0 Å². The van der Waals surface area contributed by atoms with E-state index in [4.69, 9.17) is 9.15 Å². The topological polar surface area (TPSA) is 88.9 Å². The van der Waals surface area contributed by atoms with Gasteiger partial charge in [-0.2, -0.15) is 0 Å². The standard InChI is InChI=1S/C13H20N2O5S/c1-19-9-10-21(17,18)15-6-4-11(5-7-15)14-13(16)12-3-2-8-20-12/h2-3,8,11H,4-7,9-10H2,1H3,(H,14,16). The van der Waals surface area contributed by atoms with E-state index in [9.17, 15) is 13.2 Å². The number of piperidine rings is 1. The Balaban J connectivity index is 1.82. The third kappa shape index (κ3) is 4.29. The Morgan fingerprint density at radius 2 is 2.19 bits per heavy atom. The molecule has 2 heterocycles. The maximum atomic E-state index is 12.0. The third-order valence-corrected chi connectivity index (χ3v) is 5.31. The van der Waals surface area contributed by atoms with Gasteiger partial charge < -0.3 is 14.5 Å². The van der Waals surface area contributed by atoms with Crippen molar-refractivity contribution in [2.45, 2.75) is 18.9 Å². The minimum Gasteiger partial charge on any atom is -0.459 e. The second-order valence-corrected chi connectivity index (χ2v) is 7.02. The molecule has 0 bridgehead atoms. The lowest BCUT2D eigenvalue weighted by molar-refractivity contribution is 0.0895. The van der Waals surface area contributed by atoms with E-state index in [2.05, 4.69) is 5.32 Å². The Morgan fingerprint density at radius 1 is 1.48 bits per heavy atom. The number of methoxy groups -OCH3 is 1. The van der Waals surface area contributed by atoms with Crippen LogP contribution in [0.25, 0.3) is 0 Å². The molecule has 1 aromatic heterocycles. The van der Waals surface area contributed by atoms with Crippen molar-refractivity contribution in [3.05, 3.63) is 24.2 Å². The average molecular weight is 316 g/mol. The molecule has 1 aliphatic heterocycles. The van der Waals surface area contributed by atoms with Crippen molar-refractivity contribution < 1.29 is 22.4 Å². The summed E-state index contributed by atoms with van der Waals surface area (Å²) in [5.74, 6) is -0.00162. The van der Waals surface area contributed by atoms with E-state index >= 15 is 0 Å². The van der Waals surface area contributed by atoms with Crippen LogP contribution in [0, 0.1) is 0 Å². The van der Waals surface area contributed by atoms with Gasteiger partial charge in [-0.05, 0) is 25.0 Å². The predicted molar refractivity (Wildman–Crippen MR) is 76.4 cm³/mol. The maximum absolute atomic E-state index is 12.0. The maximum Gasteiger partial charge on any atom is 0.287 e. The normalized spacial score (nSPS) is 17.8. The molecule has 1 fully saturated rings. The highest BCUT2D eigenvalue weighted by Gasteiger charge is 2.28. The first-order valence-corrected chi connectivity index (χ1v) is 8.45. The quantitative estimate of drug-likeness (QED) is 0.823. The summed E-state index contributed by atoms with van der Waals surface area (Å²) >= 11 is 0. The van der Waals surface area contributed by atoms with Gasteiger partial charge in [0.25, 0.3) is 5.91 Å². The van der Waals surface area contributed by atoms with Gasteiger partial charge in [0.1, 0.15) is 0 Å². The summed E-state index contributed by atoms with van der Waals surface area (Å²) in [7, 11) is -1.79. The molecule has 0 aliphatic carbocycles. The number of amides is 1. The van der Waals surface area contributed by atoms with Crippen LogP contribution in [0.15, 0.2) is 22.8 Å². The molecule has 1 aromatic rings. The smallest absolute Gasteiger partial charge is 0.287 e. The Kier molecular flexibility index (Phi) is 5.38. The van der Waals surface area contributed by atoms with Gasteiger partial charge in [0, 0.05) is 26.2 Å². The third-order valence-electron chi connectivity index (χ3n) is 3.47. The van der Waals surface area contributed by atoms with E-state index in [0.29, 0.717) is 25.9 Å². The van der Waals surface area contributed by atoms with E-state index in [1.807, 2.05) is 0 Å². The van der Waals surface area contributed by atoms with Gasteiger partial charge in [-0.1, -0.05) is 0 Å². The lowest BCUT2D eigenvalue weighted by Crippen LogP contribution is -2.47. The van der Waals surface area contributed by atoms with Crippen LogP contribution in [0.1, 0.15) is 23.4 Å². The van der Waals surface area contributed by atoms with Gasteiger partial charge in [-0.25, -0.2) is 12.7 Å². The van der Waals surface area contributed by atoms with E-state index in [1.165, 1.54) is 17.7 Å². The summed E-state index contributed by atoms with van der Waals surface area (Å²) in [5.41, 5.74) is 0. The molecule has 118 valence electrons. The number of nitrogens with one attached hydrogen (secondary N) is 1. The lowest BCUT2D eigenvalue weighted by atomic mass is 10.1. The zero-order chi connectivity index (χ0) is 15.3. The highest BCUT2D eigenvalue weighted by molar-refractivity contribution is 7.89.